The van der Waals surface area contributed by atoms with Crippen LogP contribution in [0.2, 0.25) is 0 Å². The van der Waals surface area contributed by atoms with Crippen molar-refractivity contribution in [3.63, 3.8) is 0 Å². The fourth-order valence-electron chi connectivity index (χ4n) is 4.72. The summed E-state index contributed by atoms with van der Waals surface area (Å²) in [6, 6.07) is 11.3. The fourth-order valence-corrected chi connectivity index (χ4v) is 4.72. The third-order valence-corrected chi connectivity index (χ3v) is 5.37. The van der Waals surface area contributed by atoms with Gasteiger partial charge in [0, 0.05) is 45.3 Å². The maximum absolute atomic E-state index is 10.1. The second-order valence-electron chi connectivity index (χ2n) is 7.25. The Kier molecular flexibility index (Phi) is 3.30. The molecule has 3 fully saturated rings. The molecule has 1 aromatic carbocycles. The summed E-state index contributed by atoms with van der Waals surface area (Å²) >= 11 is 0. The monoisotopic (exact) mass is 287 g/mol. The van der Waals surface area contributed by atoms with E-state index in [1.165, 1.54) is 5.56 Å². The van der Waals surface area contributed by atoms with Gasteiger partial charge in [0.15, 0.2) is 0 Å². The molecule has 114 valence electrons. The van der Waals surface area contributed by atoms with Gasteiger partial charge in [-0.3, -0.25) is 9.80 Å². The molecule has 0 amide bonds. The van der Waals surface area contributed by atoms with Crippen LogP contribution >= 0.6 is 0 Å². The minimum Gasteiger partial charge on any atom is -0.392 e. The molecule has 4 rings (SSSR count). The van der Waals surface area contributed by atoms with Gasteiger partial charge in [-0.25, -0.2) is 0 Å². The Morgan fingerprint density at radius 2 is 1.90 bits per heavy atom. The molecule has 3 saturated heterocycles. The van der Waals surface area contributed by atoms with Gasteiger partial charge in [0.05, 0.1) is 11.6 Å². The molecular weight excluding hydrogens is 262 g/mol. The molecule has 3 heterocycles. The van der Waals surface area contributed by atoms with Crippen molar-refractivity contribution < 1.29 is 5.11 Å². The topological polar surface area (TPSA) is 30.0 Å². The van der Waals surface area contributed by atoms with E-state index in [0.29, 0.717) is 6.04 Å². The molecule has 3 aliphatic heterocycles. The molecule has 1 aromatic rings. The van der Waals surface area contributed by atoms with E-state index in [9.17, 15) is 5.11 Å². The lowest BCUT2D eigenvalue weighted by molar-refractivity contribution is -0.107. The first-order valence-electron chi connectivity index (χ1n) is 8.04. The highest BCUT2D eigenvalue weighted by molar-refractivity contribution is 5.17. The maximum Gasteiger partial charge on any atom is 0.0682 e. The summed E-state index contributed by atoms with van der Waals surface area (Å²) in [6.45, 7) is 6.42. The number of likely N-dealkylation sites (N-methyl/N-ethyl adjacent to an activating group) is 1. The largest absolute Gasteiger partial charge is 0.392 e. The van der Waals surface area contributed by atoms with Crippen LogP contribution in [0.5, 0.6) is 0 Å². The molecule has 4 heteroatoms. The van der Waals surface area contributed by atoms with Gasteiger partial charge in [-0.15, -0.1) is 0 Å². The predicted molar refractivity (Wildman–Crippen MR) is 83.1 cm³/mol. The fraction of sp³-hybridized carbons (Fsp3) is 0.647. The van der Waals surface area contributed by atoms with E-state index in [4.69, 9.17) is 0 Å². The Morgan fingerprint density at radius 3 is 2.62 bits per heavy atom. The van der Waals surface area contributed by atoms with Crippen LogP contribution in [0.25, 0.3) is 0 Å². The van der Waals surface area contributed by atoms with E-state index >= 15 is 0 Å². The number of aliphatic hydroxyl groups excluding tert-OH is 1. The van der Waals surface area contributed by atoms with Crippen molar-refractivity contribution in [1.29, 1.82) is 0 Å². The lowest BCUT2D eigenvalue weighted by Crippen LogP contribution is -2.77. The number of piperazine rings is 1. The third-order valence-electron chi connectivity index (χ3n) is 5.37. The van der Waals surface area contributed by atoms with E-state index in [1.54, 1.807) is 0 Å². The molecule has 0 radical (unpaired) electrons. The van der Waals surface area contributed by atoms with E-state index in [2.05, 4.69) is 52.1 Å². The van der Waals surface area contributed by atoms with Crippen molar-refractivity contribution in [3.8, 4) is 0 Å². The van der Waals surface area contributed by atoms with Gasteiger partial charge in [-0.05, 0) is 19.0 Å². The van der Waals surface area contributed by atoms with Crippen LogP contribution in [-0.4, -0.2) is 77.3 Å². The Morgan fingerprint density at radius 1 is 1.14 bits per heavy atom. The summed E-state index contributed by atoms with van der Waals surface area (Å²) in [4.78, 5) is 7.61. The summed E-state index contributed by atoms with van der Waals surface area (Å²) in [6.07, 6.45) is 0.811. The van der Waals surface area contributed by atoms with Crippen LogP contribution in [0.15, 0.2) is 30.3 Å². The highest BCUT2D eigenvalue weighted by Gasteiger charge is 2.54. The van der Waals surface area contributed by atoms with Gasteiger partial charge in [0.1, 0.15) is 0 Å². The number of aliphatic hydroxyl groups is 1. The van der Waals surface area contributed by atoms with Crippen LogP contribution in [0, 0.1) is 0 Å². The van der Waals surface area contributed by atoms with Crippen molar-refractivity contribution in [1.82, 2.24) is 14.7 Å². The molecule has 1 spiro atoms. The zero-order valence-corrected chi connectivity index (χ0v) is 12.8. The molecule has 21 heavy (non-hydrogen) atoms. The smallest absolute Gasteiger partial charge is 0.0682 e. The van der Waals surface area contributed by atoms with Crippen LogP contribution < -0.4 is 0 Å². The number of benzene rings is 1. The minimum atomic E-state index is -0.130. The molecule has 4 nitrogen and oxygen atoms in total. The molecule has 0 unspecified atom stereocenters. The molecule has 0 bridgehead atoms. The minimum absolute atomic E-state index is 0.130. The average Bonchev–Trinajstić information content (AvgIpc) is 2.79. The predicted octanol–water partition coefficient (Wildman–Crippen LogP) is 0.622. The number of fused-ring (bicyclic) bond motifs is 2. The summed E-state index contributed by atoms with van der Waals surface area (Å²) in [5.41, 5.74) is 1.68. The van der Waals surface area contributed by atoms with E-state index < -0.39 is 0 Å². The Bertz CT molecular complexity index is 500. The highest BCUT2D eigenvalue weighted by Crippen LogP contribution is 2.38. The summed E-state index contributed by atoms with van der Waals surface area (Å²) in [5.74, 6) is 0. The second kappa shape index (κ2) is 5.06. The Balaban J connectivity index is 1.52. The average molecular weight is 287 g/mol. The van der Waals surface area contributed by atoms with Crippen molar-refractivity contribution in [2.45, 2.75) is 30.7 Å². The number of rotatable bonds is 2. The van der Waals surface area contributed by atoms with Gasteiger partial charge in [-0.2, -0.15) is 0 Å². The lowest BCUT2D eigenvalue weighted by Gasteiger charge is -2.60. The number of hydrogen-bond donors (Lipinski definition) is 1. The Labute approximate surface area is 127 Å². The van der Waals surface area contributed by atoms with Gasteiger partial charge < -0.3 is 10.0 Å². The first-order chi connectivity index (χ1) is 10.1. The zero-order valence-electron chi connectivity index (χ0n) is 12.8. The molecule has 3 aliphatic rings. The summed E-state index contributed by atoms with van der Waals surface area (Å²) in [7, 11) is 2.20. The van der Waals surface area contributed by atoms with E-state index in [0.717, 1.165) is 45.7 Å². The van der Waals surface area contributed by atoms with Crippen molar-refractivity contribution in [3.05, 3.63) is 35.9 Å². The van der Waals surface area contributed by atoms with Crippen LogP contribution in [0.1, 0.15) is 12.0 Å². The van der Waals surface area contributed by atoms with Crippen molar-refractivity contribution in [2.24, 2.45) is 0 Å². The molecule has 0 aliphatic carbocycles. The van der Waals surface area contributed by atoms with Gasteiger partial charge in [0.2, 0.25) is 0 Å². The third kappa shape index (κ3) is 2.40. The van der Waals surface area contributed by atoms with E-state index in [1.807, 2.05) is 0 Å². The van der Waals surface area contributed by atoms with Crippen molar-refractivity contribution in [2.75, 3.05) is 39.8 Å². The molecular formula is C17H25N3O. The number of β-amino-alcohol motifs (C(OH)–C–C–N with tert-alkyl or cyclic N) is 1. The molecule has 2 atom stereocenters. The summed E-state index contributed by atoms with van der Waals surface area (Å²) < 4.78 is 0. The van der Waals surface area contributed by atoms with Crippen LogP contribution in [-0.2, 0) is 6.54 Å². The van der Waals surface area contributed by atoms with Crippen LogP contribution in [0.3, 0.4) is 0 Å². The first kappa shape index (κ1) is 13.7. The zero-order chi connectivity index (χ0) is 14.4. The first-order valence-corrected chi connectivity index (χ1v) is 8.04. The molecule has 0 saturated carbocycles. The van der Waals surface area contributed by atoms with Crippen molar-refractivity contribution >= 4 is 0 Å². The lowest BCUT2D eigenvalue weighted by atomic mass is 9.84. The SMILES string of the molecule is CN1CC2(C1)CN(Cc1ccccc1)C[C@H]1C[C@@H](O)CN12. The quantitative estimate of drug-likeness (QED) is 0.864. The van der Waals surface area contributed by atoms with Gasteiger partial charge in [-0.1, -0.05) is 30.3 Å². The number of nitrogens with zero attached hydrogens (tertiary/aromatic N) is 3. The second-order valence-corrected chi connectivity index (χ2v) is 7.25. The summed E-state index contributed by atoms with van der Waals surface area (Å²) in [5, 5.41) is 10.1. The van der Waals surface area contributed by atoms with Crippen LogP contribution in [0.4, 0.5) is 0 Å². The number of hydrogen-bond acceptors (Lipinski definition) is 4. The number of likely N-dealkylation sites (tertiary alicyclic amines) is 1. The highest BCUT2D eigenvalue weighted by atomic mass is 16.3. The standard InChI is InChI=1S/C17H25N3O/c1-18-11-17(12-18)13-19(8-14-5-3-2-4-6-14)9-15-7-16(21)10-20(15)17/h2-6,15-16,21H,7-13H2,1H3/t15-,16-/m1/s1. The molecule has 0 aromatic heterocycles. The molecule has 1 N–H and O–H groups in total. The normalized spacial score (nSPS) is 33.0. The van der Waals surface area contributed by atoms with Gasteiger partial charge in [0.25, 0.3) is 0 Å². The maximum atomic E-state index is 10.1. The van der Waals surface area contributed by atoms with Gasteiger partial charge >= 0.3 is 0 Å². The van der Waals surface area contributed by atoms with E-state index in [-0.39, 0.29) is 11.6 Å². The Hall–Kier alpha value is -0.940.